The normalized spacial score (nSPS) is 11.9. The number of ether oxygens (including phenoxy) is 2. The highest BCUT2D eigenvalue weighted by molar-refractivity contribution is 5.79. The van der Waals surface area contributed by atoms with E-state index in [1.54, 1.807) is 6.07 Å². The van der Waals surface area contributed by atoms with Gasteiger partial charge in [-0.2, -0.15) is 0 Å². The summed E-state index contributed by atoms with van der Waals surface area (Å²) in [6.07, 6.45) is 0.385. The van der Waals surface area contributed by atoms with Crippen LogP contribution in [-0.4, -0.2) is 25.2 Å². The molecule has 1 aromatic rings. The molecule has 0 aliphatic carbocycles. The van der Waals surface area contributed by atoms with Gasteiger partial charge in [-0.25, -0.2) is 0 Å². The molecule has 1 amide bonds. The molecule has 1 rings (SSSR count). The molecule has 94 valence electrons. The molecule has 1 unspecified atom stereocenters. The second-order valence-corrected chi connectivity index (χ2v) is 3.53. The Morgan fingerprint density at radius 3 is 2.41 bits per heavy atom. The van der Waals surface area contributed by atoms with Gasteiger partial charge in [0.15, 0.2) is 11.5 Å². The van der Waals surface area contributed by atoms with Crippen LogP contribution < -0.4 is 20.9 Å². The van der Waals surface area contributed by atoms with Crippen LogP contribution in [0.15, 0.2) is 24.3 Å². The monoisotopic (exact) mass is 238 g/mol. The fourth-order valence-corrected chi connectivity index (χ4v) is 1.28. The van der Waals surface area contributed by atoms with Gasteiger partial charge in [0.25, 0.3) is 0 Å². The highest BCUT2D eigenvalue weighted by Gasteiger charge is 2.10. The van der Waals surface area contributed by atoms with Crippen molar-refractivity contribution in [1.29, 1.82) is 0 Å². The van der Waals surface area contributed by atoms with Gasteiger partial charge >= 0.3 is 0 Å². The summed E-state index contributed by atoms with van der Waals surface area (Å²) in [6.45, 7) is 2.80. The number of carbonyl (C=O) groups is 1. The zero-order valence-electron chi connectivity index (χ0n) is 9.89. The lowest BCUT2D eigenvalue weighted by Crippen LogP contribution is -2.37. The third kappa shape index (κ3) is 4.32. The van der Waals surface area contributed by atoms with Gasteiger partial charge in [0.05, 0.1) is 19.3 Å². The van der Waals surface area contributed by atoms with Crippen molar-refractivity contribution in [1.82, 2.24) is 0 Å². The zero-order valence-corrected chi connectivity index (χ0v) is 9.89. The molecule has 0 fully saturated rings. The lowest BCUT2D eigenvalue weighted by atomic mass is 10.2. The van der Waals surface area contributed by atoms with Crippen LogP contribution in [0.25, 0.3) is 0 Å². The maximum absolute atomic E-state index is 10.7. The van der Waals surface area contributed by atoms with Crippen LogP contribution in [0.1, 0.15) is 13.3 Å². The van der Waals surface area contributed by atoms with E-state index in [0.717, 1.165) is 0 Å². The number of primary amides is 1. The third-order valence-electron chi connectivity index (χ3n) is 2.20. The Bertz CT molecular complexity index is 369. The van der Waals surface area contributed by atoms with Crippen LogP contribution in [0, 0.1) is 0 Å². The van der Waals surface area contributed by atoms with Gasteiger partial charge in [0.1, 0.15) is 0 Å². The molecule has 0 aliphatic rings. The van der Waals surface area contributed by atoms with Crippen molar-refractivity contribution in [3.63, 3.8) is 0 Å². The molecule has 1 aromatic carbocycles. The molecule has 0 radical (unpaired) electrons. The van der Waals surface area contributed by atoms with E-state index in [4.69, 9.17) is 20.9 Å². The molecule has 17 heavy (non-hydrogen) atoms. The lowest BCUT2D eigenvalue weighted by Gasteiger charge is -2.12. The van der Waals surface area contributed by atoms with E-state index in [1.165, 1.54) is 0 Å². The molecule has 5 nitrogen and oxygen atoms in total. The van der Waals surface area contributed by atoms with Crippen molar-refractivity contribution in [3.05, 3.63) is 24.3 Å². The largest absolute Gasteiger partial charge is 0.490 e. The zero-order chi connectivity index (χ0) is 12.7. The molecule has 0 spiro atoms. The second-order valence-electron chi connectivity index (χ2n) is 3.53. The molecular formula is C12H18N2O3. The summed E-state index contributed by atoms with van der Waals surface area (Å²) >= 11 is 0. The summed E-state index contributed by atoms with van der Waals surface area (Å²) in [5.41, 5.74) is 10.5. The molecule has 5 heteroatoms. The Morgan fingerprint density at radius 2 is 1.88 bits per heavy atom. The Hall–Kier alpha value is -1.75. The number of nitrogens with two attached hydrogens (primary N) is 2. The van der Waals surface area contributed by atoms with Crippen LogP contribution in [0.5, 0.6) is 11.5 Å². The number of amides is 1. The van der Waals surface area contributed by atoms with Crippen LogP contribution in [0.2, 0.25) is 0 Å². The fourth-order valence-electron chi connectivity index (χ4n) is 1.28. The number of rotatable bonds is 7. The van der Waals surface area contributed by atoms with Gasteiger partial charge in [-0.3, -0.25) is 4.79 Å². The van der Waals surface area contributed by atoms with Crippen molar-refractivity contribution in [2.24, 2.45) is 11.5 Å². The predicted octanol–water partition coefficient (Wildman–Crippen LogP) is 0.667. The molecule has 1 atom stereocenters. The first-order valence-corrected chi connectivity index (χ1v) is 5.54. The smallest absolute Gasteiger partial charge is 0.234 e. The van der Waals surface area contributed by atoms with Gasteiger partial charge in [0.2, 0.25) is 5.91 Å². The van der Waals surface area contributed by atoms with E-state index in [-0.39, 0.29) is 0 Å². The maximum Gasteiger partial charge on any atom is 0.234 e. The second kappa shape index (κ2) is 6.75. The van der Waals surface area contributed by atoms with E-state index < -0.39 is 11.9 Å². The lowest BCUT2D eigenvalue weighted by molar-refractivity contribution is -0.119. The number of benzene rings is 1. The average Bonchev–Trinajstić information content (AvgIpc) is 2.31. The van der Waals surface area contributed by atoms with Crippen LogP contribution in [0.4, 0.5) is 0 Å². The van der Waals surface area contributed by atoms with E-state index in [1.807, 2.05) is 25.1 Å². The molecule has 0 aromatic heterocycles. The van der Waals surface area contributed by atoms with Gasteiger partial charge in [0, 0.05) is 6.42 Å². The summed E-state index contributed by atoms with van der Waals surface area (Å²) in [5.74, 6) is 0.806. The van der Waals surface area contributed by atoms with Crippen molar-refractivity contribution in [3.8, 4) is 11.5 Å². The standard InChI is InChI=1S/C12H18N2O3/c1-2-16-10-5-3-4-6-11(10)17-8-7-9(13)12(14)15/h3-6,9H,2,7-8,13H2,1H3,(H2,14,15). The molecular weight excluding hydrogens is 220 g/mol. The Labute approximate surface area is 101 Å². The Balaban J connectivity index is 2.48. The minimum Gasteiger partial charge on any atom is -0.490 e. The predicted molar refractivity (Wildman–Crippen MR) is 64.9 cm³/mol. The molecule has 0 aliphatic heterocycles. The van der Waals surface area contributed by atoms with Gasteiger partial charge in [-0.05, 0) is 19.1 Å². The molecule has 0 saturated heterocycles. The van der Waals surface area contributed by atoms with E-state index in [0.29, 0.717) is 31.1 Å². The molecule has 0 heterocycles. The highest BCUT2D eigenvalue weighted by atomic mass is 16.5. The summed E-state index contributed by atoms with van der Waals surface area (Å²) in [5, 5.41) is 0. The van der Waals surface area contributed by atoms with Crippen LogP contribution in [0.3, 0.4) is 0 Å². The highest BCUT2D eigenvalue weighted by Crippen LogP contribution is 2.26. The Kier molecular flexibility index (Phi) is 5.29. The molecule has 0 saturated carbocycles. The van der Waals surface area contributed by atoms with Crippen molar-refractivity contribution in [2.45, 2.75) is 19.4 Å². The molecule has 4 N–H and O–H groups in total. The number of hydrogen-bond donors (Lipinski definition) is 2. The van der Waals surface area contributed by atoms with E-state index in [2.05, 4.69) is 0 Å². The van der Waals surface area contributed by atoms with Gasteiger partial charge in [-0.15, -0.1) is 0 Å². The Morgan fingerprint density at radius 1 is 1.29 bits per heavy atom. The topological polar surface area (TPSA) is 87.6 Å². The molecule has 0 bridgehead atoms. The number of carbonyl (C=O) groups excluding carboxylic acids is 1. The first-order valence-electron chi connectivity index (χ1n) is 5.54. The summed E-state index contributed by atoms with van der Waals surface area (Å²) < 4.78 is 10.9. The quantitative estimate of drug-likeness (QED) is 0.730. The third-order valence-corrected chi connectivity index (χ3v) is 2.20. The van der Waals surface area contributed by atoms with Crippen LogP contribution >= 0.6 is 0 Å². The summed E-state index contributed by atoms with van der Waals surface area (Å²) in [4.78, 5) is 10.7. The number of para-hydroxylation sites is 2. The maximum atomic E-state index is 10.7. The number of hydrogen-bond acceptors (Lipinski definition) is 4. The van der Waals surface area contributed by atoms with E-state index in [9.17, 15) is 4.79 Å². The fraction of sp³-hybridized carbons (Fsp3) is 0.417. The van der Waals surface area contributed by atoms with Gasteiger partial charge in [-0.1, -0.05) is 12.1 Å². The minimum absolute atomic E-state index is 0.328. The summed E-state index contributed by atoms with van der Waals surface area (Å²) in [7, 11) is 0. The SMILES string of the molecule is CCOc1ccccc1OCCC(N)C(N)=O. The van der Waals surface area contributed by atoms with Crippen molar-refractivity contribution < 1.29 is 14.3 Å². The van der Waals surface area contributed by atoms with E-state index >= 15 is 0 Å². The van der Waals surface area contributed by atoms with Crippen molar-refractivity contribution in [2.75, 3.05) is 13.2 Å². The van der Waals surface area contributed by atoms with Gasteiger partial charge < -0.3 is 20.9 Å². The first kappa shape index (κ1) is 13.3. The van der Waals surface area contributed by atoms with Crippen molar-refractivity contribution >= 4 is 5.91 Å². The first-order chi connectivity index (χ1) is 8.15. The minimum atomic E-state index is -0.672. The average molecular weight is 238 g/mol. The van der Waals surface area contributed by atoms with Crippen LogP contribution in [-0.2, 0) is 4.79 Å². The summed E-state index contributed by atoms with van der Waals surface area (Å²) in [6, 6.07) is 6.68.